The second-order valence-corrected chi connectivity index (χ2v) is 9.75. The van der Waals surface area contributed by atoms with Crippen LogP contribution in [0.5, 0.6) is 5.75 Å². The molecule has 1 saturated carbocycles. The van der Waals surface area contributed by atoms with Gasteiger partial charge in [0, 0.05) is 37.4 Å². The van der Waals surface area contributed by atoms with Crippen molar-refractivity contribution in [2.75, 3.05) is 43.9 Å². The van der Waals surface area contributed by atoms with Crippen LogP contribution in [0.15, 0.2) is 64.6 Å². The van der Waals surface area contributed by atoms with Crippen LogP contribution >= 0.6 is 11.8 Å². The third kappa shape index (κ3) is 4.78. The van der Waals surface area contributed by atoms with E-state index in [0.29, 0.717) is 5.75 Å². The van der Waals surface area contributed by atoms with Crippen LogP contribution in [0, 0.1) is 0 Å². The Morgan fingerprint density at radius 3 is 2.33 bits per heavy atom. The van der Waals surface area contributed by atoms with Crippen molar-refractivity contribution in [1.82, 2.24) is 4.90 Å². The van der Waals surface area contributed by atoms with E-state index in [1.165, 1.54) is 18.5 Å². The minimum Gasteiger partial charge on any atom is -0.497 e. The number of anilines is 1. The summed E-state index contributed by atoms with van der Waals surface area (Å²) in [7, 11) is 1.68. The molecule has 0 radical (unpaired) electrons. The highest BCUT2D eigenvalue weighted by Gasteiger charge is 2.39. The van der Waals surface area contributed by atoms with Gasteiger partial charge in [-0.2, -0.15) is 0 Å². The Labute approximate surface area is 199 Å². The highest BCUT2D eigenvalue weighted by Crippen LogP contribution is 2.40. The van der Waals surface area contributed by atoms with E-state index < -0.39 is 0 Å². The highest BCUT2D eigenvalue weighted by molar-refractivity contribution is 8.16. The van der Waals surface area contributed by atoms with Gasteiger partial charge in [0.15, 0.2) is 5.66 Å². The van der Waals surface area contributed by atoms with Gasteiger partial charge >= 0.3 is 0 Å². The maximum Gasteiger partial charge on any atom is 0.233 e. The van der Waals surface area contributed by atoms with Crippen molar-refractivity contribution in [3.05, 3.63) is 60.2 Å². The molecule has 2 aromatic carbocycles. The number of hydrogen-bond donors (Lipinski definition) is 0. The van der Waals surface area contributed by atoms with Gasteiger partial charge in [-0.1, -0.05) is 42.1 Å². The number of hydrogen-bond acceptors (Lipinski definition) is 6. The number of thioether (sulfide) groups is 1. The predicted octanol–water partition coefficient (Wildman–Crippen LogP) is 4.25. The summed E-state index contributed by atoms with van der Waals surface area (Å²) in [6.07, 6.45) is 4.36. The van der Waals surface area contributed by atoms with E-state index in [1.54, 1.807) is 18.9 Å². The number of methoxy groups -OCH3 is 1. The van der Waals surface area contributed by atoms with E-state index in [1.807, 2.05) is 35.2 Å². The maximum atomic E-state index is 13.0. The quantitative estimate of drug-likeness (QED) is 0.667. The molecule has 0 aromatic heterocycles. The summed E-state index contributed by atoms with van der Waals surface area (Å²) >= 11 is 1.55. The van der Waals surface area contributed by atoms with Crippen molar-refractivity contribution in [2.24, 2.45) is 9.98 Å². The maximum absolute atomic E-state index is 13.0. The van der Waals surface area contributed by atoms with E-state index in [4.69, 9.17) is 14.7 Å². The summed E-state index contributed by atoms with van der Waals surface area (Å²) < 4.78 is 5.25. The SMILES string of the molecule is COc1ccc(N2CCN(C(=O)CSC3=NC4(CCCC4)N=C3c3ccccc3)CC2)cc1. The van der Waals surface area contributed by atoms with Crippen LogP contribution in [0.2, 0.25) is 0 Å². The molecule has 1 saturated heterocycles. The lowest BCUT2D eigenvalue weighted by atomic mass is 10.1. The summed E-state index contributed by atoms with van der Waals surface area (Å²) in [5.74, 6) is 1.44. The lowest BCUT2D eigenvalue weighted by Gasteiger charge is -2.36. The van der Waals surface area contributed by atoms with Crippen LogP contribution in [0.1, 0.15) is 31.2 Å². The summed E-state index contributed by atoms with van der Waals surface area (Å²) in [6, 6.07) is 18.4. The predicted molar refractivity (Wildman–Crippen MR) is 136 cm³/mol. The summed E-state index contributed by atoms with van der Waals surface area (Å²) in [5.41, 5.74) is 2.93. The summed E-state index contributed by atoms with van der Waals surface area (Å²) in [4.78, 5) is 27.4. The highest BCUT2D eigenvalue weighted by atomic mass is 32.2. The minimum absolute atomic E-state index is 0.178. The van der Waals surface area contributed by atoms with Gasteiger partial charge in [-0.3, -0.25) is 9.79 Å². The molecular weight excluding hydrogens is 432 g/mol. The standard InChI is InChI=1S/C26H30N4O2S/c1-32-22-11-9-21(10-12-22)29-15-17-30(18-16-29)23(31)19-33-25-24(20-7-3-2-4-8-20)27-26(28-25)13-5-6-14-26/h2-4,7-12H,5-6,13-19H2,1H3. The topological polar surface area (TPSA) is 57.5 Å². The molecule has 1 amide bonds. The molecule has 0 atom stereocenters. The Hall–Kier alpha value is -2.80. The largest absolute Gasteiger partial charge is 0.497 e. The smallest absolute Gasteiger partial charge is 0.233 e. The number of ether oxygens (including phenoxy) is 1. The van der Waals surface area contributed by atoms with Crippen LogP contribution in [0.4, 0.5) is 5.69 Å². The number of nitrogens with zero attached hydrogens (tertiary/aromatic N) is 4. The zero-order chi connectivity index (χ0) is 22.7. The molecule has 2 fully saturated rings. The molecule has 2 heterocycles. The molecule has 172 valence electrons. The van der Waals surface area contributed by atoms with Crippen LogP contribution in [-0.4, -0.2) is 66.3 Å². The van der Waals surface area contributed by atoms with Crippen molar-refractivity contribution in [2.45, 2.75) is 31.3 Å². The molecule has 1 aliphatic carbocycles. The second-order valence-electron chi connectivity index (χ2n) is 8.79. The average Bonchev–Trinajstić information content (AvgIpc) is 3.49. The molecule has 3 aliphatic rings. The molecule has 2 aromatic rings. The van der Waals surface area contributed by atoms with Gasteiger partial charge in [0.2, 0.25) is 5.91 Å². The van der Waals surface area contributed by atoms with Gasteiger partial charge in [-0.15, -0.1) is 0 Å². The third-order valence-corrected chi connectivity index (χ3v) is 7.64. The third-order valence-electron chi connectivity index (χ3n) is 6.69. The zero-order valence-corrected chi connectivity index (χ0v) is 19.9. The molecule has 33 heavy (non-hydrogen) atoms. The average molecular weight is 463 g/mol. The fourth-order valence-corrected chi connectivity index (χ4v) is 5.78. The fraction of sp³-hybridized carbons (Fsp3) is 0.423. The van der Waals surface area contributed by atoms with Crippen molar-refractivity contribution >= 4 is 34.1 Å². The molecule has 0 N–H and O–H groups in total. The summed E-state index contributed by atoms with van der Waals surface area (Å²) in [5, 5.41) is 0.924. The lowest BCUT2D eigenvalue weighted by Crippen LogP contribution is -2.49. The molecular formula is C26H30N4O2S. The Morgan fingerprint density at radius 1 is 0.970 bits per heavy atom. The Morgan fingerprint density at radius 2 is 1.67 bits per heavy atom. The van der Waals surface area contributed by atoms with Gasteiger partial charge < -0.3 is 14.5 Å². The first kappa shape index (κ1) is 22.0. The van der Waals surface area contributed by atoms with E-state index in [9.17, 15) is 4.79 Å². The van der Waals surface area contributed by atoms with Gasteiger partial charge in [-0.05, 0) is 49.9 Å². The Balaban J connectivity index is 1.19. The number of carbonyl (C=O) groups excluding carboxylic acids is 1. The van der Waals surface area contributed by atoms with E-state index in [0.717, 1.165) is 61.1 Å². The van der Waals surface area contributed by atoms with Gasteiger partial charge in [0.1, 0.15) is 10.8 Å². The number of carbonyl (C=O) groups is 1. The number of aliphatic imine (C=N–C) groups is 2. The molecule has 0 unspecified atom stereocenters. The number of amides is 1. The molecule has 0 bridgehead atoms. The first-order chi connectivity index (χ1) is 16.2. The molecule has 5 rings (SSSR count). The van der Waals surface area contributed by atoms with E-state index >= 15 is 0 Å². The van der Waals surface area contributed by atoms with Crippen LogP contribution in [0.3, 0.4) is 0 Å². The van der Waals surface area contributed by atoms with Crippen molar-refractivity contribution < 1.29 is 9.53 Å². The number of piperazine rings is 1. The minimum atomic E-state index is -0.291. The normalized spacial score (nSPS) is 19.5. The first-order valence-corrected chi connectivity index (χ1v) is 12.7. The van der Waals surface area contributed by atoms with Gasteiger partial charge in [0.25, 0.3) is 0 Å². The van der Waals surface area contributed by atoms with Crippen molar-refractivity contribution in [3.8, 4) is 5.75 Å². The summed E-state index contributed by atoms with van der Waals surface area (Å²) in [6.45, 7) is 3.15. The van der Waals surface area contributed by atoms with Crippen LogP contribution in [-0.2, 0) is 4.79 Å². The zero-order valence-electron chi connectivity index (χ0n) is 19.1. The Kier molecular flexibility index (Phi) is 6.40. The van der Waals surface area contributed by atoms with Crippen molar-refractivity contribution in [1.29, 1.82) is 0 Å². The Bertz CT molecular complexity index is 1040. The molecule has 2 aliphatic heterocycles. The first-order valence-electron chi connectivity index (χ1n) is 11.7. The fourth-order valence-electron chi connectivity index (χ4n) is 4.80. The van der Waals surface area contributed by atoms with Gasteiger partial charge in [0.05, 0.1) is 18.6 Å². The van der Waals surface area contributed by atoms with Crippen molar-refractivity contribution in [3.63, 3.8) is 0 Å². The second kappa shape index (κ2) is 9.59. The molecule has 1 spiro atoms. The van der Waals surface area contributed by atoms with E-state index in [-0.39, 0.29) is 11.6 Å². The van der Waals surface area contributed by atoms with Crippen LogP contribution in [0.25, 0.3) is 0 Å². The van der Waals surface area contributed by atoms with Crippen LogP contribution < -0.4 is 9.64 Å². The van der Waals surface area contributed by atoms with E-state index in [2.05, 4.69) is 29.2 Å². The monoisotopic (exact) mass is 462 g/mol. The van der Waals surface area contributed by atoms with Gasteiger partial charge in [-0.25, -0.2) is 4.99 Å². The molecule has 6 nitrogen and oxygen atoms in total. The lowest BCUT2D eigenvalue weighted by molar-refractivity contribution is -0.128. The number of benzene rings is 2. The molecule has 7 heteroatoms. The number of rotatable bonds is 5.